The minimum Gasteiger partial charge on any atom is -0.493 e. The van der Waals surface area contributed by atoms with E-state index in [1.54, 1.807) is 37.0 Å². The molecular weight excluding hydrogens is 404 g/mol. The van der Waals surface area contributed by atoms with Gasteiger partial charge >= 0.3 is 0 Å². The van der Waals surface area contributed by atoms with Gasteiger partial charge in [0, 0.05) is 12.1 Å². The van der Waals surface area contributed by atoms with E-state index < -0.39 is 0 Å². The van der Waals surface area contributed by atoms with Crippen molar-refractivity contribution in [3.05, 3.63) is 58.7 Å². The molecule has 9 heteroatoms. The second kappa shape index (κ2) is 8.58. The maximum atomic E-state index is 12.7. The van der Waals surface area contributed by atoms with Crippen molar-refractivity contribution in [2.75, 3.05) is 14.2 Å². The summed E-state index contributed by atoms with van der Waals surface area (Å²) in [5, 5.41) is 9.47. The van der Waals surface area contributed by atoms with E-state index >= 15 is 0 Å². The molecule has 2 heterocycles. The lowest BCUT2D eigenvalue weighted by molar-refractivity contribution is 0.355. The van der Waals surface area contributed by atoms with E-state index in [0.29, 0.717) is 51.6 Å². The second-order valence-corrected chi connectivity index (χ2v) is 7.26. The fraction of sp³-hybridized carbons (Fsp3) is 0.238. The van der Waals surface area contributed by atoms with Gasteiger partial charge in [-0.1, -0.05) is 23.9 Å². The molecule has 2 aromatic carbocycles. The van der Waals surface area contributed by atoms with Gasteiger partial charge in [0.15, 0.2) is 16.7 Å². The van der Waals surface area contributed by atoms with Gasteiger partial charge in [0.1, 0.15) is 0 Å². The molecule has 30 heavy (non-hydrogen) atoms. The number of nitrogens with zero attached hydrogens (tertiary/aromatic N) is 4. The van der Waals surface area contributed by atoms with Crippen molar-refractivity contribution < 1.29 is 13.9 Å². The molecule has 0 fully saturated rings. The zero-order valence-electron chi connectivity index (χ0n) is 16.8. The number of hydrogen-bond acceptors (Lipinski definition) is 8. The molecular formula is C21H20N4O4S. The molecule has 8 nitrogen and oxygen atoms in total. The van der Waals surface area contributed by atoms with Crippen LogP contribution in [0.4, 0.5) is 0 Å². The topological polar surface area (TPSA) is 92.3 Å². The Balaban J connectivity index is 1.58. The summed E-state index contributed by atoms with van der Waals surface area (Å²) in [5.74, 6) is 2.42. The van der Waals surface area contributed by atoms with Crippen LogP contribution < -0.4 is 15.0 Å². The van der Waals surface area contributed by atoms with Crippen molar-refractivity contribution in [2.24, 2.45) is 0 Å². The van der Waals surface area contributed by atoms with Crippen LogP contribution in [-0.2, 0) is 12.3 Å². The zero-order valence-corrected chi connectivity index (χ0v) is 17.6. The monoisotopic (exact) mass is 424 g/mol. The average molecular weight is 424 g/mol. The molecule has 0 spiro atoms. The number of fused-ring (bicyclic) bond motifs is 1. The molecule has 0 bridgehead atoms. The fourth-order valence-electron chi connectivity index (χ4n) is 3.06. The third kappa shape index (κ3) is 3.76. The van der Waals surface area contributed by atoms with Crippen molar-refractivity contribution in [1.82, 2.24) is 19.7 Å². The van der Waals surface area contributed by atoms with Crippen molar-refractivity contribution in [2.45, 2.75) is 24.4 Å². The first-order valence-electron chi connectivity index (χ1n) is 9.31. The van der Waals surface area contributed by atoms with Gasteiger partial charge in [0.25, 0.3) is 5.56 Å². The number of thioether (sulfide) groups is 1. The Labute approximate surface area is 176 Å². The molecule has 154 valence electrons. The van der Waals surface area contributed by atoms with E-state index in [1.165, 1.54) is 11.8 Å². The Morgan fingerprint density at radius 2 is 1.87 bits per heavy atom. The van der Waals surface area contributed by atoms with Crippen LogP contribution in [0.1, 0.15) is 12.8 Å². The van der Waals surface area contributed by atoms with Gasteiger partial charge in [-0.2, -0.15) is 0 Å². The molecule has 0 radical (unpaired) electrons. The number of aromatic nitrogens is 4. The van der Waals surface area contributed by atoms with Gasteiger partial charge in [0.05, 0.1) is 30.9 Å². The summed E-state index contributed by atoms with van der Waals surface area (Å²) in [6, 6.07) is 12.7. The van der Waals surface area contributed by atoms with Crippen LogP contribution in [0.2, 0.25) is 0 Å². The molecule has 0 atom stereocenters. The van der Waals surface area contributed by atoms with E-state index in [4.69, 9.17) is 13.9 Å². The largest absolute Gasteiger partial charge is 0.493 e. The lowest BCUT2D eigenvalue weighted by Gasteiger charge is -2.10. The highest BCUT2D eigenvalue weighted by molar-refractivity contribution is 7.98. The van der Waals surface area contributed by atoms with Crippen molar-refractivity contribution in [3.63, 3.8) is 0 Å². The Hall–Kier alpha value is -3.33. The smallest absolute Gasteiger partial charge is 0.262 e. The maximum absolute atomic E-state index is 12.7. The van der Waals surface area contributed by atoms with Crippen molar-refractivity contribution >= 4 is 22.7 Å². The Morgan fingerprint density at radius 1 is 1.07 bits per heavy atom. The molecule has 0 saturated heterocycles. The Kier molecular flexibility index (Phi) is 5.71. The van der Waals surface area contributed by atoms with Crippen molar-refractivity contribution in [3.8, 4) is 23.0 Å². The summed E-state index contributed by atoms with van der Waals surface area (Å²) in [5.41, 5.74) is 1.35. The molecule has 0 aliphatic carbocycles. The van der Waals surface area contributed by atoms with E-state index in [2.05, 4.69) is 15.2 Å². The van der Waals surface area contributed by atoms with Gasteiger partial charge in [0.2, 0.25) is 11.8 Å². The molecule has 0 aliphatic rings. The van der Waals surface area contributed by atoms with Crippen LogP contribution in [0, 0.1) is 0 Å². The highest BCUT2D eigenvalue weighted by atomic mass is 32.2. The van der Waals surface area contributed by atoms with E-state index in [0.717, 1.165) is 5.56 Å². The lowest BCUT2D eigenvalue weighted by atomic mass is 10.2. The van der Waals surface area contributed by atoms with Crippen LogP contribution in [0.3, 0.4) is 0 Å². The maximum Gasteiger partial charge on any atom is 0.262 e. The number of hydrogen-bond donors (Lipinski definition) is 0. The third-order valence-electron chi connectivity index (χ3n) is 4.56. The number of rotatable bonds is 7. The quantitative estimate of drug-likeness (QED) is 0.327. The van der Waals surface area contributed by atoms with Crippen LogP contribution >= 0.6 is 11.8 Å². The number of benzene rings is 2. The first-order valence-corrected chi connectivity index (χ1v) is 10.3. The molecule has 2 aromatic heterocycles. The molecule has 0 unspecified atom stereocenters. The van der Waals surface area contributed by atoms with Gasteiger partial charge in [-0.3, -0.25) is 9.36 Å². The molecule has 4 aromatic rings. The van der Waals surface area contributed by atoms with Gasteiger partial charge in [-0.15, -0.1) is 10.2 Å². The summed E-state index contributed by atoms with van der Waals surface area (Å²) in [7, 11) is 3.15. The van der Waals surface area contributed by atoms with Crippen LogP contribution in [0.15, 0.2) is 56.8 Å². The number of methoxy groups -OCH3 is 2. The normalized spacial score (nSPS) is 11.0. The molecule has 4 rings (SSSR count). The summed E-state index contributed by atoms with van der Waals surface area (Å²) >= 11 is 1.39. The summed E-state index contributed by atoms with van der Waals surface area (Å²) in [6.45, 7) is 2.45. The Bertz CT molecular complexity index is 1250. The molecule has 0 saturated carbocycles. The van der Waals surface area contributed by atoms with E-state index in [9.17, 15) is 4.79 Å². The van der Waals surface area contributed by atoms with E-state index in [1.807, 2.05) is 31.2 Å². The van der Waals surface area contributed by atoms with Gasteiger partial charge in [-0.25, -0.2) is 4.98 Å². The highest BCUT2D eigenvalue weighted by Crippen LogP contribution is 2.32. The van der Waals surface area contributed by atoms with Crippen LogP contribution in [-0.4, -0.2) is 34.0 Å². The summed E-state index contributed by atoms with van der Waals surface area (Å²) in [4.78, 5) is 17.4. The van der Waals surface area contributed by atoms with Gasteiger partial charge < -0.3 is 13.9 Å². The number of para-hydroxylation sites is 1. The predicted octanol–water partition coefficient (Wildman–Crippen LogP) is 3.78. The SMILES string of the molecule is CCn1c(SCc2nnc(-c3ccc(OC)c(OC)c3)o2)nc2ccccc2c1=O. The standard InChI is InChI=1S/C21H20N4O4S/c1-4-25-20(26)14-7-5-6-8-15(14)22-21(25)30-12-18-23-24-19(29-18)13-9-10-16(27-2)17(11-13)28-3/h5-11H,4,12H2,1-3H3. The minimum atomic E-state index is -0.0536. The van der Waals surface area contributed by atoms with Crippen molar-refractivity contribution in [1.29, 1.82) is 0 Å². The minimum absolute atomic E-state index is 0.0536. The number of ether oxygens (including phenoxy) is 2. The lowest BCUT2D eigenvalue weighted by Crippen LogP contribution is -2.22. The van der Waals surface area contributed by atoms with Crippen LogP contribution in [0.25, 0.3) is 22.4 Å². The first kappa shape index (κ1) is 20.0. The predicted molar refractivity (Wildman–Crippen MR) is 114 cm³/mol. The average Bonchev–Trinajstić information content (AvgIpc) is 3.26. The molecule has 0 aliphatic heterocycles. The summed E-state index contributed by atoms with van der Waals surface area (Å²) in [6.07, 6.45) is 0. The van der Waals surface area contributed by atoms with Crippen LogP contribution in [0.5, 0.6) is 11.5 Å². The third-order valence-corrected chi connectivity index (χ3v) is 5.53. The van der Waals surface area contributed by atoms with E-state index in [-0.39, 0.29) is 5.56 Å². The molecule has 0 amide bonds. The highest BCUT2D eigenvalue weighted by Gasteiger charge is 2.15. The molecule has 0 N–H and O–H groups in total. The zero-order chi connectivity index (χ0) is 21.1. The van der Waals surface area contributed by atoms with Gasteiger partial charge in [-0.05, 0) is 37.3 Å². The Morgan fingerprint density at radius 3 is 2.63 bits per heavy atom. The fourth-order valence-corrected chi connectivity index (χ4v) is 3.96. The second-order valence-electron chi connectivity index (χ2n) is 6.32. The first-order chi connectivity index (χ1) is 14.6. The summed E-state index contributed by atoms with van der Waals surface area (Å²) < 4.78 is 18.0.